The Hall–Kier alpha value is -2.44. The minimum Gasteiger partial charge on any atom is -0.297 e. The summed E-state index contributed by atoms with van der Waals surface area (Å²) in [5.41, 5.74) is 3.23. The van der Waals surface area contributed by atoms with E-state index in [2.05, 4.69) is 41.5 Å². The molecule has 0 unspecified atom stereocenters. The van der Waals surface area contributed by atoms with E-state index in [1.54, 1.807) is 11.3 Å². The standard InChI is InChI=1S/C23H22F2N2OS/c1-15-2-4-17(5-3-15)23-26-19(14-29-23)13-27-10-8-16(9-11-27)22(28)20-12-18(24)6-7-21(20)25/h2-7,12,14,16H,8-11,13H2,1H3. The van der Waals surface area contributed by atoms with Crippen molar-refractivity contribution >= 4 is 17.1 Å². The van der Waals surface area contributed by atoms with Crippen molar-refractivity contribution in [3.05, 3.63) is 76.3 Å². The maximum absolute atomic E-state index is 13.9. The Morgan fingerprint density at radius 2 is 1.86 bits per heavy atom. The van der Waals surface area contributed by atoms with Gasteiger partial charge in [0.15, 0.2) is 5.78 Å². The van der Waals surface area contributed by atoms with Gasteiger partial charge in [0.1, 0.15) is 16.6 Å². The molecule has 1 aliphatic rings. The number of aromatic nitrogens is 1. The number of thiazole rings is 1. The van der Waals surface area contributed by atoms with Crippen molar-refractivity contribution in [2.45, 2.75) is 26.3 Å². The molecule has 0 N–H and O–H groups in total. The molecule has 0 spiro atoms. The minimum absolute atomic E-state index is 0.134. The zero-order valence-electron chi connectivity index (χ0n) is 16.2. The van der Waals surface area contributed by atoms with Crippen LogP contribution in [0.2, 0.25) is 0 Å². The Labute approximate surface area is 173 Å². The first kappa shape index (κ1) is 19.9. The van der Waals surface area contributed by atoms with E-state index in [0.717, 1.165) is 54.1 Å². The van der Waals surface area contributed by atoms with Gasteiger partial charge in [-0.2, -0.15) is 0 Å². The molecule has 3 nitrogen and oxygen atoms in total. The number of hydrogen-bond donors (Lipinski definition) is 0. The summed E-state index contributed by atoms with van der Waals surface area (Å²) < 4.78 is 27.3. The average Bonchev–Trinajstić information content (AvgIpc) is 3.19. The van der Waals surface area contributed by atoms with Gasteiger partial charge in [-0.15, -0.1) is 11.3 Å². The monoisotopic (exact) mass is 412 g/mol. The highest BCUT2D eigenvalue weighted by atomic mass is 32.1. The first-order valence-electron chi connectivity index (χ1n) is 9.72. The summed E-state index contributed by atoms with van der Waals surface area (Å²) in [7, 11) is 0. The molecule has 2 aromatic carbocycles. The van der Waals surface area contributed by atoms with Crippen molar-refractivity contribution in [3.8, 4) is 10.6 Å². The highest BCUT2D eigenvalue weighted by Gasteiger charge is 2.28. The molecule has 1 saturated heterocycles. The van der Waals surface area contributed by atoms with Crippen LogP contribution in [-0.4, -0.2) is 28.8 Å². The van der Waals surface area contributed by atoms with Gasteiger partial charge < -0.3 is 0 Å². The van der Waals surface area contributed by atoms with Crippen LogP contribution in [0, 0.1) is 24.5 Å². The van der Waals surface area contributed by atoms with Crippen LogP contribution in [0.5, 0.6) is 0 Å². The Balaban J connectivity index is 1.35. The molecule has 0 aliphatic carbocycles. The smallest absolute Gasteiger partial charge is 0.169 e. The van der Waals surface area contributed by atoms with E-state index < -0.39 is 11.6 Å². The zero-order chi connectivity index (χ0) is 20.4. The lowest BCUT2D eigenvalue weighted by Gasteiger charge is -2.30. The van der Waals surface area contributed by atoms with Gasteiger partial charge in [0.25, 0.3) is 0 Å². The summed E-state index contributed by atoms with van der Waals surface area (Å²) in [5, 5.41) is 3.08. The van der Waals surface area contributed by atoms with Crippen LogP contribution < -0.4 is 0 Å². The fourth-order valence-electron chi connectivity index (χ4n) is 3.70. The van der Waals surface area contributed by atoms with Crippen LogP contribution in [0.25, 0.3) is 10.6 Å². The molecule has 0 amide bonds. The minimum atomic E-state index is -0.648. The molecule has 0 radical (unpaired) electrons. The van der Waals surface area contributed by atoms with Crippen LogP contribution >= 0.6 is 11.3 Å². The van der Waals surface area contributed by atoms with Crippen LogP contribution in [-0.2, 0) is 6.54 Å². The molecular formula is C23H22F2N2OS. The van der Waals surface area contributed by atoms with E-state index in [1.807, 2.05) is 0 Å². The molecule has 0 atom stereocenters. The van der Waals surface area contributed by atoms with Crippen LogP contribution in [0.4, 0.5) is 8.78 Å². The Morgan fingerprint density at radius 1 is 1.14 bits per heavy atom. The summed E-state index contributed by atoms with van der Waals surface area (Å²) in [6, 6.07) is 11.4. The summed E-state index contributed by atoms with van der Waals surface area (Å²) in [5.74, 6) is -1.79. The quantitative estimate of drug-likeness (QED) is 0.520. The molecule has 1 aliphatic heterocycles. The number of piperidine rings is 1. The molecule has 6 heteroatoms. The van der Waals surface area contributed by atoms with Crippen LogP contribution in [0.15, 0.2) is 47.8 Å². The highest BCUT2D eigenvalue weighted by molar-refractivity contribution is 7.13. The largest absolute Gasteiger partial charge is 0.297 e. The van der Waals surface area contributed by atoms with Crippen LogP contribution in [0.3, 0.4) is 0 Å². The van der Waals surface area contributed by atoms with Gasteiger partial charge in [0.05, 0.1) is 11.3 Å². The second kappa shape index (κ2) is 8.51. The van der Waals surface area contributed by atoms with Gasteiger partial charge in [0.2, 0.25) is 0 Å². The molecule has 1 fully saturated rings. The average molecular weight is 413 g/mol. The lowest BCUT2D eigenvalue weighted by molar-refractivity contribution is 0.0829. The molecule has 0 saturated carbocycles. The fraction of sp³-hybridized carbons (Fsp3) is 0.304. The van der Waals surface area contributed by atoms with Gasteiger partial charge in [-0.25, -0.2) is 13.8 Å². The van der Waals surface area contributed by atoms with E-state index in [9.17, 15) is 13.6 Å². The van der Waals surface area contributed by atoms with E-state index in [0.29, 0.717) is 12.8 Å². The van der Waals surface area contributed by atoms with Gasteiger partial charge in [-0.05, 0) is 51.1 Å². The lowest BCUT2D eigenvalue weighted by atomic mass is 9.88. The second-order valence-electron chi connectivity index (χ2n) is 7.55. The predicted molar refractivity (Wildman–Crippen MR) is 111 cm³/mol. The number of likely N-dealkylation sites (tertiary alicyclic amines) is 1. The van der Waals surface area contributed by atoms with Crippen molar-refractivity contribution in [1.82, 2.24) is 9.88 Å². The van der Waals surface area contributed by atoms with Gasteiger partial charge in [-0.1, -0.05) is 29.8 Å². The first-order valence-corrected chi connectivity index (χ1v) is 10.6. The number of carbonyl (C=O) groups is 1. The van der Waals surface area contributed by atoms with Crippen molar-refractivity contribution in [2.24, 2.45) is 5.92 Å². The number of rotatable bonds is 5. The van der Waals surface area contributed by atoms with Crippen molar-refractivity contribution < 1.29 is 13.6 Å². The molecule has 150 valence electrons. The lowest BCUT2D eigenvalue weighted by Crippen LogP contribution is -2.36. The summed E-state index contributed by atoms with van der Waals surface area (Å²) >= 11 is 1.63. The maximum Gasteiger partial charge on any atom is 0.169 e. The van der Waals surface area contributed by atoms with Crippen molar-refractivity contribution in [1.29, 1.82) is 0 Å². The molecule has 29 heavy (non-hydrogen) atoms. The number of nitrogens with zero attached hydrogens (tertiary/aromatic N) is 2. The van der Waals surface area contributed by atoms with E-state index in [1.165, 1.54) is 5.56 Å². The predicted octanol–water partition coefficient (Wildman–Crippen LogP) is 5.49. The molecule has 1 aromatic heterocycles. The summed E-state index contributed by atoms with van der Waals surface area (Å²) in [4.78, 5) is 19.6. The topological polar surface area (TPSA) is 33.2 Å². The fourth-order valence-corrected chi connectivity index (χ4v) is 4.51. The number of ketones is 1. The second-order valence-corrected chi connectivity index (χ2v) is 8.41. The van der Waals surface area contributed by atoms with Crippen LogP contribution in [0.1, 0.15) is 34.5 Å². The number of hydrogen-bond acceptors (Lipinski definition) is 4. The van der Waals surface area contributed by atoms with Gasteiger partial charge in [-0.3, -0.25) is 9.69 Å². The van der Waals surface area contributed by atoms with Gasteiger partial charge >= 0.3 is 0 Å². The number of benzene rings is 2. The molecular weight excluding hydrogens is 390 g/mol. The Morgan fingerprint density at radius 3 is 2.59 bits per heavy atom. The molecule has 2 heterocycles. The highest BCUT2D eigenvalue weighted by Crippen LogP contribution is 2.27. The van der Waals surface area contributed by atoms with Crippen molar-refractivity contribution in [3.63, 3.8) is 0 Å². The number of Topliss-reactive ketones (excluding diaryl/α,β-unsaturated/α-hetero) is 1. The number of aryl methyl sites for hydroxylation is 1. The normalized spacial score (nSPS) is 15.6. The van der Waals surface area contributed by atoms with Crippen molar-refractivity contribution in [2.75, 3.05) is 13.1 Å². The molecule has 4 rings (SSSR count). The third-order valence-corrected chi connectivity index (χ3v) is 6.33. The summed E-state index contributed by atoms with van der Waals surface area (Å²) in [6.07, 6.45) is 1.29. The number of carbonyl (C=O) groups excluding carboxylic acids is 1. The van der Waals surface area contributed by atoms with Gasteiger partial charge in [0, 0.05) is 23.4 Å². The zero-order valence-corrected chi connectivity index (χ0v) is 17.0. The van der Waals surface area contributed by atoms with E-state index >= 15 is 0 Å². The molecule has 3 aromatic rings. The maximum atomic E-state index is 13.9. The summed E-state index contributed by atoms with van der Waals surface area (Å²) in [6.45, 7) is 4.28. The molecule has 0 bridgehead atoms. The Kier molecular flexibility index (Phi) is 5.83. The first-order chi connectivity index (χ1) is 14.0. The van der Waals surface area contributed by atoms with E-state index in [4.69, 9.17) is 4.98 Å². The SMILES string of the molecule is Cc1ccc(-c2nc(CN3CCC(C(=O)c4cc(F)ccc4F)CC3)cs2)cc1. The van der Waals surface area contributed by atoms with E-state index in [-0.39, 0.29) is 17.3 Å². The Bertz CT molecular complexity index is 1010. The third kappa shape index (κ3) is 4.60. The third-order valence-electron chi connectivity index (χ3n) is 5.39. The number of halogens is 2.